The first-order chi connectivity index (χ1) is 19.5. The smallest absolute Gasteiger partial charge is 0.250 e. The minimum atomic E-state index is -0.331. The Morgan fingerprint density at radius 3 is 1.95 bits per heavy atom. The molecule has 3 aromatic carbocycles. The molecule has 0 fully saturated rings. The van der Waals surface area contributed by atoms with Gasteiger partial charge in [-0.15, -0.1) is 10.2 Å². The lowest BCUT2D eigenvalue weighted by Crippen LogP contribution is -2.20. The number of carbonyl (C=O) groups excluding carboxylic acids is 1. The number of hydrogen-bond donors (Lipinski definition) is 1. The molecular formula is C28H29N5O6S. The first-order valence-electron chi connectivity index (χ1n) is 12.0. The summed E-state index contributed by atoms with van der Waals surface area (Å²) >= 11 is 1.23. The van der Waals surface area contributed by atoms with Gasteiger partial charge in [0.1, 0.15) is 28.7 Å². The van der Waals surface area contributed by atoms with Crippen molar-refractivity contribution in [1.82, 2.24) is 20.2 Å². The first-order valence-corrected chi connectivity index (χ1v) is 13.0. The summed E-state index contributed by atoms with van der Waals surface area (Å²) in [5, 5.41) is 13.4. The quantitative estimate of drug-likeness (QED) is 0.154. The summed E-state index contributed by atoms with van der Waals surface area (Å²) in [6, 6.07) is 18.4. The molecule has 40 heavy (non-hydrogen) atoms. The Hall–Kier alpha value is -4.71. The molecule has 1 amide bonds. The van der Waals surface area contributed by atoms with Gasteiger partial charge in [0.2, 0.25) is 0 Å². The molecule has 4 rings (SSSR count). The molecule has 0 unspecified atom stereocenters. The van der Waals surface area contributed by atoms with E-state index < -0.39 is 0 Å². The minimum absolute atomic E-state index is 0.0467. The van der Waals surface area contributed by atoms with Crippen LogP contribution in [0.5, 0.6) is 28.7 Å². The molecule has 0 saturated carbocycles. The van der Waals surface area contributed by atoms with Gasteiger partial charge < -0.3 is 23.7 Å². The Kier molecular flexibility index (Phi) is 9.47. The third kappa shape index (κ3) is 6.46. The first kappa shape index (κ1) is 28.3. The normalized spacial score (nSPS) is 10.8. The number of amides is 1. The van der Waals surface area contributed by atoms with Gasteiger partial charge in [0.15, 0.2) is 11.0 Å². The third-order valence-electron chi connectivity index (χ3n) is 5.78. The van der Waals surface area contributed by atoms with E-state index in [9.17, 15) is 4.79 Å². The molecule has 4 aromatic rings. The summed E-state index contributed by atoms with van der Waals surface area (Å²) < 4.78 is 28.5. The van der Waals surface area contributed by atoms with Crippen molar-refractivity contribution in [2.45, 2.75) is 5.16 Å². The topological polar surface area (TPSA) is 118 Å². The van der Waals surface area contributed by atoms with Gasteiger partial charge >= 0.3 is 0 Å². The van der Waals surface area contributed by atoms with Crippen LogP contribution in [0.15, 0.2) is 70.9 Å². The van der Waals surface area contributed by atoms with Crippen LogP contribution in [0, 0.1) is 0 Å². The third-order valence-corrected chi connectivity index (χ3v) is 6.71. The Morgan fingerprint density at radius 1 is 0.825 bits per heavy atom. The summed E-state index contributed by atoms with van der Waals surface area (Å²) in [5.74, 6) is 3.34. The number of nitrogens with one attached hydrogen (secondary N) is 1. The van der Waals surface area contributed by atoms with Gasteiger partial charge in [-0.2, -0.15) is 5.10 Å². The van der Waals surface area contributed by atoms with Crippen LogP contribution in [-0.2, 0) is 4.79 Å². The largest absolute Gasteiger partial charge is 0.497 e. The zero-order valence-electron chi connectivity index (χ0n) is 22.7. The number of ether oxygens (including phenoxy) is 5. The lowest BCUT2D eigenvalue weighted by Gasteiger charge is -2.12. The summed E-state index contributed by atoms with van der Waals surface area (Å²) in [6.07, 6.45) is 1.46. The number of aromatic nitrogens is 3. The predicted octanol–water partition coefficient (Wildman–Crippen LogP) is 4.22. The number of methoxy groups -OCH3 is 5. The fraction of sp³-hybridized carbons (Fsp3) is 0.214. The van der Waals surface area contributed by atoms with Gasteiger partial charge in [-0.1, -0.05) is 11.8 Å². The maximum absolute atomic E-state index is 12.7. The molecule has 0 aliphatic heterocycles. The van der Waals surface area contributed by atoms with Crippen molar-refractivity contribution >= 4 is 23.9 Å². The molecule has 1 aromatic heterocycles. The predicted molar refractivity (Wildman–Crippen MR) is 152 cm³/mol. The maximum atomic E-state index is 12.7. The Morgan fingerprint density at radius 2 is 1.40 bits per heavy atom. The number of hydrogen-bond acceptors (Lipinski definition) is 10. The summed E-state index contributed by atoms with van der Waals surface area (Å²) in [5.41, 5.74) is 4.75. The molecule has 208 valence electrons. The highest BCUT2D eigenvalue weighted by molar-refractivity contribution is 7.99. The van der Waals surface area contributed by atoms with Crippen LogP contribution >= 0.6 is 11.8 Å². The maximum Gasteiger partial charge on any atom is 0.250 e. The average Bonchev–Trinajstić information content (AvgIpc) is 3.43. The molecule has 12 heteroatoms. The van der Waals surface area contributed by atoms with Crippen molar-refractivity contribution in [3.63, 3.8) is 0 Å². The van der Waals surface area contributed by atoms with E-state index in [0.717, 1.165) is 22.7 Å². The number of benzene rings is 3. The highest BCUT2D eigenvalue weighted by Gasteiger charge is 2.18. The van der Waals surface area contributed by atoms with Crippen molar-refractivity contribution in [3.8, 4) is 45.8 Å². The highest BCUT2D eigenvalue weighted by Crippen LogP contribution is 2.33. The van der Waals surface area contributed by atoms with Crippen LogP contribution in [0.2, 0.25) is 0 Å². The molecule has 1 N–H and O–H groups in total. The molecule has 0 aliphatic carbocycles. The zero-order valence-corrected chi connectivity index (χ0v) is 23.5. The Bertz CT molecular complexity index is 1450. The molecule has 0 saturated heterocycles. The fourth-order valence-electron chi connectivity index (χ4n) is 3.75. The number of nitrogens with zero attached hydrogens (tertiary/aromatic N) is 4. The fourth-order valence-corrected chi connectivity index (χ4v) is 4.49. The molecule has 0 spiro atoms. The van der Waals surface area contributed by atoms with E-state index in [4.69, 9.17) is 23.7 Å². The number of thioether (sulfide) groups is 1. The molecular weight excluding hydrogens is 534 g/mol. The van der Waals surface area contributed by atoms with Crippen molar-refractivity contribution in [2.75, 3.05) is 41.3 Å². The van der Waals surface area contributed by atoms with Crippen LogP contribution < -0.4 is 29.1 Å². The van der Waals surface area contributed by atoms with Gasteiger partial charge in [-0.3, -0.25) is 9.36 Å². The van der Waals surface area contributed by atoms with E-state index in [2.05, 4.69) is 20.7 Å². The standard InChI is InChI=1S/C28H29N5O6S/c1-35-20-10-6-18(7-11-20)27-31-32-28(33(27)19-8-12-21(36-2)13-9-19)40-17-26(34)30-29-16-23-24(38-4)14-22(37-3)15-25(23)39-5/h6-16H,17H2,1-5H3,(H,30,34). The molecule has 11 nitrogen and oxygen atoms in total. The Balaban J connectivity index is 1.53. The van der Waals surface area contributed by atoms with Crippen LogP contribution in [0.3, 0.4) is 0 Å². The van der Waals surface area contributed by atoms with Gasteiger partial charge in [-0.25, -0.2) is 5.43 Å². The molecule has 1 heterocycles. The molecule has 0 bridgehead atoms. The van der Waals surface area contributed by atoms with Crippen LogP contribution in [0.4, 0.5) is 0 Å². The zero-order chi connectivity index (χ0) is 28.5. The van der Waals surface area contributed by atoms with Crippen LogP contribution in [0.25, 0.3) is 17.1 Å². The number of rotatable bonds is 12. The minimum Gasteiger partial charge on any atom is -0.497 e. The van der Waals surface area contributed by atoms with Gasteiger partial charge in [0.25, 0.3) is 5.91 Å². The highest BCUT2D eigenvalue weighted by atomic mass is 32.2. The molecule has 0 aliphatic rings. The average molecular weight is 564 g/mol. The second-order valence-electron chi connectivity index (χ2n) is 8.10. The van der Waals surface area contributed by atoms with E-state index in [1.165, 1.54) is 32.2 Å². The van der Waals surface area contributed by atoms with Crippen molar-refractivity contribution in [1.29, 1.82) is 0 Å². The van der Waals surface area contributed by atoms with E-state index in [-0.39, 0.29) is 11.7 Å². The van der Waals surface area contributed by atoms with E-state index in [1.807, 2.05) is 53.1 Å². The van der Waals surface area contributed by atoms with Crippen molar-refractivity contribution in [3.05, 3.63) is 66.2 Å². The second-order valence-corrected chi connectivity index (χ2v) is 9.04. The van der Waals surface area contributed by atoms with Gasteiger partial charge in [-0.05, 0) is 48.5 Å². The van der Waals surface area contributed by atoms with Gasteiger partial charge in [0, 0.05) is 23.4 Å². The Labute approximate surface area is 236 Å². The SMILES string of the molecule is COc1ccc(-c2nnc(SCC(=O)NN=Cc3c(OC)cc(OC)cc3OC)n2-c2ccc(OC)cc2)cc1. The van der Waals surface area contributed by atoms with Crippen molar-refractivity contribution in [2.24, 2.45) is 5.10 Å². The van der Waals surface area contributed by atoms with Crippen LogP contribution in [0.1, 0.15) is 5.56 Å². The molecule has 0 atom stereocenters. The monoisotopic (exact) mass is 563 g/mol. The van der Waals surface area contributed by atoms with Crippen molar-refractivity contribution < 1.29 is 28.5 Å². The summed E-state index contributed by atoms with van der Waals surface area (Å²) in [7, 11) is 7.83. The summed E-state index contributed by atoms with van der Waals surface area (Å²) in [4.78, 5) is 12.7. The van der Waals surface area contributed by atoms with E-state index >= 15 is 0 Å². The lowest BCUT2D eigenvalue weighted by molar-refractivity contribution is -0.118. The number of carbonyl (C=O) groups is 1. The molecule has 0 radical (unpaired) electrons. The second kappa shape index (κ2) is 13.4. The van der Waals surface area contributed by atoms with Crippen LogP contribution in [-0.4, -0.2) is 68.2 Å². The van der Waals surface area contributed by atoms with E-state index in [0.29, 0.717) is 33.8 Å². The lowest BCUT2D eigenvalue weighted by atomic mass is 10.2. The van der Waals surface area contributed by atoms with E-state index in [1.54, 1.807) is 33.5 Å². The van der Waals surface area contributed by atoms with Gasteiger partial charge in [0.05, 0.1) is 53.1 Å². The number of hydrazone groups is 1. The summed E-state index contributed by atoms with van der Waals surface area (Å²) in [6.45, 7) is 0.